The number of nitrogens with zero attached hydrogens (tertiary/aromatic N) is 4. The predicted molar refractivity (Wildman–Crippen MR) is 104 cm³/mol. The molecule has 0 radical (unpaired) electrons. The molecule has 0 saturated heterocycles. The lowest BCUT2D eigenvalue weighted by Gasteiger charge is -2.23. The van der Waals surface area contributed by atoms with E-state index in [-0.39, 0.29) is 0 Å². The van der Waals surface area contributed by atoms with Gasteiger partial charge in [0.05, 0.1) is 6.33 Å². The fourth-order valence-corrected chi connectivity index (χ4v) is 3.77. The molecule has 6 heteroatoms. The smallest absolute Gasteiger partial charge is 0.231 e. The number of nitrogens with one attached hydrogen (secondary N) is 2. The van der Waals surface area contributed by atoms with E-state index in [4.69, 9.17) is 9.97 Å². The Bertz CT molecular complexity index is 893. The zero-order valence-corrected chi connectivity index (χ0v) is 14.9. The zero-order valence-electron chi connectivity index (χ0n) is 14.9. The Labute approximate surface area is 153 Å². The molecule has 0 unspecified atom stereocenters. The van der Waals surface area contributed by atoms with Crippen molar-refractivity contribution in [1.29, 1.82) is 0 Å². The zero-order chi connectivity index (χ0) is 17.3. The van der Waals surface area contributed by atoms with E-state index in [0.29, 0.717) is 18.0 Å². The predicted octanol–water partition coefficient (Wildman–Crippen LogP) is 4.65. The van der Waals surface area contributed by atoms with Crippen LogP contribution in [-0.2, 0) is 0 Å². The van der Waals surface area contributed by atoms with Crippen molar-refractivity contribution in [2.75, 3.05) is 10.6 Å². The maximum absolute atomic E-state index is 4.83. The first-order valence-electron chi connectivity index (χ1n) is 9.70. The monoisotopic (exact) mass is 348 g/mol. The van der Waals surface area contributed by atoms with Gasteiger partial charge in [-0.1, -0.05) is 37.5 Å². The average Bonchev–Trinajstić information content (AvgIpc) is 3.39. The topological polar surface area (TPSA) is 67.7 Å². The highest BCUT2D eigenvalue weighted by molar-refractivity contribution is 5.85. The summed E-state index contributed by atoms with van der Waals surface area (Å²) in [6.45, 7) is 0. The van der Waals surface area contributed by atoms with Crippen LogP contribution in [0.1, 0.15) is 51.0 Å². The van der Waals surface area contributed by atoms with Gasteiger partial charge in [-0.15, -0.1) is 0 Å². The molecule has 0 bridgehead atoms. The standard InChI is InChI=1S/C20H24N6/c1-3-7-14(8-4-1)23-20-24-18(22-15-11-12-15)17-19(25-20)26(13-21-17)16-9-5-2-6-10-16/h1,3-4,7-8,13,15-16H,2,5-6,9-12H2,(H2,22,23,24,25). The highest BCUT2D eigenvalue weighted by Gasteiger charge is 2.25. The van der Waals surface area contributed by atoms with Gasteiger partial charge in [0.15, 0.2) is 17.0 Å². The first-order chi connectivity index (χ1) is 12.9. The van der Waals surface area contributed by atoms with E-state index in [1.807, 2.05) is 36.7 Å². The van der Waals surface area contributed by atoms with Crippen molar-refractivity contribution in [1.82, 2.24) is 19.5 Å². The molecule has 0 amide bonds. The van der Waals surface area contributed by atoms with Crippen molar-refractivity contribution in [3.05, 3.63) is 36.7 Å². The Morgan fingerprint density at radius 1 is 0.923 bits per heavy atom. The van der Waals surface area contributed by atoms with Gasteiger partial charge in [-0.25, -0.2) is 4.98 Å². The summed E-state index contributed by atoms with van der Waals surface area (Å²) in [6.07, 6.45) is 10.7. The lowest BCUT2D eigenvalue weighted by Crippen LogP contribution is -2.13. The molecule has 2 aliphatic carbocycles. The van der Waals surface area contributed by atoms with E-state index in [1.54, 1.807) is 0 Å². The lowest BCUT2D eigenvalue weighted by molar-refractivity contribution is 0.358. The van der Waals surface area contributed by atoms with Gasteiger partial charge in [0.1, 0.15) is 0 Å². The second kappa shape index (κ2) is 6.59. The molecule has 2 heterocycles. The number of benzene rings is 1. The van der Waals surface area contributed by atoms with Crippen molar-refractivity contribution in [3.63, 3.8) is 0 Å². The van der Waals surface area contributed by atoms with Gasteiger partial charge in [0.2, 0.25) is 5.95 Å². The van der Waals surface area contributed by atoms with Crippen molar-refractivity contribution in [3.8, 4) is 0 Å². The first-order valence-corrected chi connectivity index (χ1v) is 9.70. The summed E-state index contributed by atoms with van der Waals surface area (Å²) in [5.74, 6) is 1.48. The number of anilines is 3. The molecule has 2 aliphatic rings. The molecule has 134 valence electrons. The second-order valence-electron chi connectivity index (χ2n) is 7.42. The molecule has 0 aliphatic heterocycles. The molecule has 6 nitrogen and oxygen atoms in total. The Kier molecular flexibility index (Phi) is 3.96. The Morgan fingerprint density at radius 3 is 2.50 bits per heavy atom. The minimum atomic E-state index is 0.502. The molecule has 2 saturated carbocycles. The summed E-state index contributed by atoms with van der Waals surface area (Å²) in [6, 6.07) is 11.1. The summed E-state index contributed by atoms with van der Waals surface area (Å²) >= 11 is 0. The molecule has 3 aromatic rings. The molecular formula is C20H24N6. The third-order valence-corrected chi connectivity index (χ3v) is 5.34. The van der Waals surface area contributed by atoms with Crippen LogP contribution in [0, 0.1) is 0 Å². The van der Waals surface area contributed by atoms with Crippen molar-refractivity contribution >= 4 is 28.6 Å². The van der Waals surface area contributed by atoms with Crippen LogP contribution >= 0.6 is 0 Å². The van der Waals surface area contributed by atoms with Crippen LogP contribution in [0.2, 0.25) is 0 Å². The van der Waals surface area contributed by atoms with Crippen LogP contribution in [0.4, 0.5) is 17.5 Å². The minimum Gasteiger partial charge on any atom is -0.365 e. The fourth-order valence-electron chi connectivity index (χ4n) is 3.77. The summed E-state index contributed by atoms with van der Waals surface area (Å²) in [7, 11) is 0. The third-order valence-electron chi connectivity index (χ3n) is 5.34. The molecule has 0 spiro atoms. The Morgan fingerprint density at radius 2 is 1.73 bits per heavy atom. The van der Waals surface area contributed by atoms with Gasteiger partial charge in [-0.2, -0.15) is 9.97 Å². The summed E-state index contributed by atoms with van der Waals surface area (Å²) < 4.78 is 2.27. The maximum atomic E-state index is 4.83. The minimum absolute atomic E-state index is 0.502. The van der Waals surface area contributed by atoms with E-state index in [2.05, 4.69) is 20.2 Å². The Hall–Kier alpha value is -2.63. The van der Waals surface area contributed by atoms with E-state index >= 15 is 0 Å². The highest BCUT2D eigenvalue weighted by atomic mass is 15.2. The summed E-state index contributed by atoms with van der Waals surface area (Å²) in [5.41, 5.74) is 2.82. The van der Waals surface area contributed by atoms with E-state index in [1.165, 1.54) is 44.9 Å². The van der Waals surface area contributed by atoms with E-state index in [0.717, 1.165) is 22.7 Å². The summed E-state index contributed by atoms with van der Waals surface area (Å²) in [5, 5.41) is 6.88. The molecule has 1 aromatic carbocycles. The molecule has 5 rings (SSSR count). The van der Waals surface area contributed by atoms with Crippen molar-refractivity contribution < 1.29 is 0 Å². The third kappa shape index (κ3) is 3.11. The second-order valence-corrected chi connectivity index (χ2v) is 7.42. The van der Waals surface area contributed by atoms with Gasteiger partial charge in [0, 0.05) is 17.8 Å². The number of rotatable bonds is 5. The normalized spacial score (nSPS) is 18.2. The van der Waals surface area contributed by atoms with Crippen LogP contribution < -0.4 is 10.6 Å². The highest BCUT2D eigenvalue weighted by Crippen LogP contribution is 2.33. The van der Waals surface area contributed by atoms with Crippen LogP contribution in [-0.4, -0.2) is 25.6 Å². The molecule has 0 atom stereocenters. The van der Waals surface area contributed by atoms with Crippen LogP contribution in [0.5, 0.6) is 0 Å². The molecule has 26 heavy (non-hydrogen) atoms. The SMILES string of the molecule is c1ccc(Nc2nc(NC3CC3)c3ncn(C4CCCCC4)c3n2)cc1. The van der Waals surface area contributed by atoms with Gasteiger partial charge >= 0.3 is 0 Å². The van der Waals surface area contributed by atoms with Crippen LogP contribution in [0.15, 0.2) is 36.7 Å². The molecule has 2 aromatic heterocycles. The van der Waals surface area contributed by atoms with Crippen molar-refractivity contribution in [2.45, 2.75) is 57.0 Å². The number of hydrogen-bond donors (Lipinski definition) is 2. The average molecular weight is 348 g/mol. The van der Waals surface area contributed by atoms with Gasteiger partial charge in [-0.05, 0) is 37.8 Å². The molecular weight excluding hydrogens is 324 g/mol. The number of imidazole rings is 1. The van der Waals surface area contributed by atoms with Gasteiger partial charge < -0.3 is 15.2 Å². The van der Waals surface area contributed by atoms with Crippen LogP contribution in [0.25, 0.3) is 11.2 Å². The largest absolute Gasteiger partial charge is 0.365 e. The quantitative estimate of drug-likeness (QED) is 0.702. The molecule has 2 fully saturated rings. The number of hydrogen-bond acceptors (Lipinski definition) is 5. The van der Waals surface area contributed by atoms with Crippen LogP contribution in [0.3, 0.4) is 0 Å². The lowest BCUT2D eigenvalue weighted by atomic mass is 9.95. The molecule has 2 N–H and O–H groups in total. The maximum Gasteiger partial charge on any atom is 0.231 e. The first kappa shape index (κ1) is 15.6. The van der Waals surface area contributed by atoms with Crippen molar-refractivity contribution in [2.24, 2.45) is 0 Å². The Balaban J connectivity index is 1.55. The fraction of sp³-hybridized carbons (Fsp3) is 0.450. The number of aromatic nitrogens is 4. The van der Waals surface area contributed by atoms with Gasteiger partial charge in [0.25, 0.3) is 0 Å². The van der Waals surface area contributed by atoms with E-state index < -0.39 is 0 Å². The van der Waals surface area contributed by atoms with Gasteiger partial charge in [-0.3, -0.25) is 0 Å². The van der Waals surface area contributed by atoms with E-state index in [9.17, 15) is 0 Å². The summed E-state index contributed by atoms with van der Waals surface area (Å²) in [4.78, 5) is 14.2. The number of para-hydroxylation sites is 1. The number of fused-ring (bicyclic) bond motifs is 1.